The maximum atomic E-state index is 13.3. The fraction of sp³-hybridized carbons (Fsp3) is 0.0800. The number of halogens is 3. The molecule has 0 fully saturated rings. The molecule has 3 nitrogen and oxygen atoms in total. The van der Waals surface area contributed by atoms with Gasteiger partial charge >= 0.3 is 6.18 Å². The van der Waals surface area contributed by atoms with E-state index in [4.69, 9.17) is 4.74 Å². The van der Waals surface area contributed by atoms with Gasteiger partial charge in [-0.3, -0.25) is 9.69 Å². The van der Waals surface area contributed by atoms with Gasteiger partial charge in [-0.1, -0.05) is 54.2 Å². The van der Waals surface area contributed by atoms with Gasteiger partial charge in [-0.15, -0.1) is 0 Å². The highest BCUT2D eigenvalue weighted by Crippen LogP contribution is 2.49. The van der Waals surface area contributed by atoms with Crippen LogP contribution >= 0.6 is 11.8 Å². The molecule has 0 saturated heterocycles. The number of hydrogen-bond donors (Lipinski definition) is 0. The Morgan fingerprint density at radius 2 is 1.53 bits per heavy atom. The van der Waals surface area contributed by atoms with E-state index < -0.39 is 17.6 Å². The highest BCUT2D eigenvalue weighted by molar-refractivity contribution is 7.99. The second-order valence-corrected chi connectivity index (χ2v) is 8.36. The molecule has 1 amide bonds. The molecular weight excluding hydrogens is 435 g/mol. The van der Waals surface area contributed by atoms with Crippen molar-refractivity contribution < 1.29 is 22.7 Å². The lowest BCUT2D eigenvalue weighted by atomic mass is 10.1. The summed E-state index contributed by atoms with van der Waals surface area (Å²) in [5.74, 6) is 0.0625. The summed E-state index contributed by atoms with van der Waals surface area (Å²) >= 11 is 1.34. The number of benzene rings is 4. The van der Waals surface area contributed by atoms with Crippen LogP contribution in [0.25, 0.3) is 10.8 Å². The van der Waals surface area contributed by atoms with Crippen LogP contribution in [0.15, 0.2) is 94.7 Å². The Morgan fingerprint density at radius 3 is 2.34 bits per heavy atom. The Kier molecular flexibility index (Phi) is 5.06. The molecule has 0 radical (unpaired) electrons. The van der Waals surface area contributed by atoms with E-state index in [1.54, 1.807) is 18.2 Å². The average Bonchev–Trinajstić information content (AvgIpc) is 2.80. The molecule has 0 spiro atoms. The maximum absolute atomic E-state index is 13.3. The number of carbonyl (C=O) groups excluding carboxylic acids is 1. The fourth-order valence-corrected chi connectivity index (χ4v) is 4.70. The first-order valence-electron chi connectivity index (χ1n) is 9.83. The minimum atomic E-state index is -4.51. The molecule has 32 heavy (non-hydrogen) atoms. The van der Waals surface area contributed by atoms with E-state index in [2.05, 4.69) is 0 Å². The van der Waals surface area contributed by atoms with Gasteiger partial charge in [0.15, 0.2) is 6.61 Å². The van der Waals surface area contributed by atoms with Gasteiger partial charge in [-0.05, 0) is 53.2 Å². The van der Waals surface area contributed by atoms with Crippen molar-refractivity contribution in [2.45, 2.75) is 16.0 Å². The molecule has 7 heteroatoms. The molecule has 4 aromatic rings. The third kappa shape index (κ3) is 3.80. The first-order chi connectivity index (χ1) is 15.4. The standard InChI is InChI=1S/C25H16F3NO2S/c26-25(27,28)18-10-12-23-21(14-18)29(20-7-3-4-8-22(20)32-23)24(30)15-31-19-11-9-16-5-1-2-6-17(16)13-19/h1-14H,15H2. The largest absolute Gasteiger partial charge is 0.484 e. The summed E-state index contributed by atoms with van der Waals surface area (Å²) in [4.78, 5) is 15.9. The third-order valence-electron chi connectivity index (χ3n) is 5.19. The Morgan fingerprint density at radius 1 is 0.812 bits per heavy atom. The van der Waals surface area contributed by atoms with Crippen molar-refractivity contribution in [1.29, 1.82) is 0 Å². The van der Waals surface area contributed by atoms with E-state index in [-0.39, 0.29) is 12.3 Å². The summed E-state index contributed by atoms with van der Waals surface area (Å²) in [6, 6.07) is 23.9. The molecule has 0 unspecified atom stereocenters. The number of fused-ring (bicyclic) bond motifs is 3. The summed E-state index contributed by atoms with van der Waals surface area (Å²) in [5, 5.41) is 2.01. The van der Waals surface area contributed by atoms with E-state index in [9.17, 15) is 18.0 Å². The zero-order valence-electron chi connectivity index (χ0n) is 16.6. The number of alkyl halides is 3. The summed E-state index contributed by atoms with van der Waals surface area (Å²) < 4.78 is 45.8. The van der Waals surface area contributed by atoms with Gasteiger partial charge in [0.2, 0.25) is 0 Å². The smallest absolute Gasteiger partial charge is 0.416 e. The first-order valence-corrected chi connectivity index (χ1v) is 10.6. The van der Waals surface area contributed by atoms with Gasteiger partial charge in [0, 0.05) is 9.79 Å². The van der Waals surface area contributed by atoms with Crippen molar-refractivity contribution in [1.82, 2.24) is 0 Å². The first kappa shape index (κ1) is 20.5. The zero-order valence-corrected chi connectivity index (χ0v) is 17.4. The molecule has 1 heterocycles. The Bertz CT molecular complexity index is 1340. The Hall–Kier alpha value is -3.45. The molecule has 0 saturated carbocycles. The molecule has 1 aliphatic heterocycles. The monoisotopic (exact) mass is 451 g/mol. The topological polar surface area (TPSA) is 29.5 Å². The lowest BCUT2D eigenvalue weighted by Gasteiger charge is -2.31. The van der Waals surface area contributed by atoms with Gasteiger partial charge in [0.25, 0.3) is 5.91 Å². The number of nitrogens with zero attached hydrogens (tertiary/aromatic N) is 1. The van der Waals surface area contributed by atoms with Crippen molar-refractivity contribution in [2.24, 2.45) is 0 Å². The van der Waals surface area contributed by atoms with Crippen LogP contribution in [-0.2, 0) is 11.0 Å². The zero-order chi connectivity index (χ0) is 22.3. The predicted octanol–water partition coefficient (Wildman–Crippen LogP) is 7.07. The van der Waals surface area contributed by atoms with Crippen molar-refractivity contribution in [3.05, 3.63) is 90.5 Å². The number of carbonyl (C=O) groups is 1. The van der Waals surface area contributed by atoms with Gasteiger partial charge in [-0.2, -0.15) is 13.2 Å². The van der Waals surface area contributed by atoms with Crippen LogP contribution in [0.4, 0.5) is 24.5 Å². The Labute approximate surface area is 186 Å². The quantitative estimate of drug-likeness (QED) is 0.334. The lowest BCUT2D eigenvalue weighted by Crippen LogP contribution is -2.33. The van der Waals surface area contributed by atoms with Crippen LogP contribution in [0.1, 0.15) is 5.56 Å². The van der Waals surface area contributed by atoms with Crippen LogP contribution in [0.2, 0.25) is 0 Å². The van der Waals surface area contributed by atoms with Gasteiger partial charge in [0.1, 0.15) is 5.75 Å². The van der Waals surface area contributed by atoms with E-state index in [1.807, 2.05) is 48.5 Å². The molecular formula is C25H16F3NO2S. The Balaban J connectivity index is 1.48. The minimum Gasteiger partial charge on any atom is -0.484 e. The normalized spacial score (nSPS) is 12.9. The van der Waals surface area contributed by atoms with Crippen LogP contribution in [0.5, 0.6) is 5.75 Å². The van der Waals surface area contributed by atoms with Crippen LogP contribution in [0, 0.1) is 0 Å². The summed E-state index contributed by atoms with van der Waals surface area (Å²) in [5.41, 5.74) is -0.0587. The maximum Gasteiger partial charge on any atom is 0.416 e. The second-order valence-electron chi connectivity index (χ2n) is 7.28. The lowest BCUT2D eigenvalue weighted by molar-refractivity contribution is -0.137. The number of hydrogen-bond acceptors (Lipinski definition) is 3. The number of ether oxygens (including phenoxy) is 1. The average molecular weight is 451 g/mol. The second kappa shape index (κ2) is 7.91. The summed E-state index contributed by atoms with van der Waals surface area (Å²) in [6.07, 6.45) is -4.51. The highest BCUT2D eigenvalue weighted by Gasteiger charge is 2.35. The highest BCUT2D eigenvalue weighted by atomic mass is 32.2. The molecule has 1 aliphatic rings. The summed E-state index contributed by atoms with van der Waals surface area (Å²) in [6.45, 7) is -0.312. The fourth-order valence-electron chi connectivity index (χ4n) is 3.67. The SMILES string of the molecule is O=C(COc1ccc2ccccc2c1)N1c2ccccc2Sc2ccc(C(F)(F)F)cc21. The third-order valence-corrected chi connectivity index (χ3v) is 6.32. The molecule has 0 aromatic heterocycles. The number of rotatable bonds is 3. The van der Waals surface area contributed by atoms with Crippen molar-refractivity contribution in [2.75, 3.05) is 11.5 Å². The van der Waals surface area contributed by atoms with E-state index >= 15 is 0 Å². The summed E-state index contributed by atoms with van der Waals surface area (Å²) in [7, 11) is 0. The molecule has 0 N–H and O–H groups in total. The minimum absolute atomic E-state index is 0.204. The van der Waals surface area contributed by atoms with Crippen molar-refractivity contribution in [3.8, 4) is 5.75 Å². The van der Waals surface area contributed by atoms with Gasteiger partial charge in [-0.25, -0.2) is 0 Å². The van der Waals surface area contributed by atoms with E-state index in [0.29, 0.717) is 16.3 Å². The molecule has 0 aliphatic carbocycles. The van der Waals surface area contributed by atoms with Gasteiger partial charge in [0.05, 0.1) is 16.9 Å². The predicted molar refractivity (Wildman–Crippen MR) is 119 cm³/mol. The molecule has 0 atom stereocenters. The van der Waals surface area contributed by atoms with Gasteiger partial charge < -0.3 is 4.74 Å². The van der Waals surface area contributed by atoms with Crippen LogP contribution in [0.3, 0.4) is 0 Å². The van der Waals surface area contributed by atoms with Crippen LogP contribution < -0.4 is 9.64 Å². The molecule has 5 rings (SSSR count). The van der Waals surface area contributed by atoms with Crippen molar-refractivity contribution in [3.63, 3.8) is 0 Å². The van der Waals surface area contributed by atoms with Crippen molar-refractivity contribution >= 4 is 39.8 Å². The molecule has 160 valence electrons. The number of amides is 1. The van der Waals surface area contributed by atoms with E-state index in [0.717, 1.165) is 27.8 Å². The molecule has 4 aromatic carbocycles. The van der Waals surface area contributed by atoms with E-state index in [1.165, 1.54) is 22.7 Å². The number of para-hydroxylation sites is 1. The number of anilines is 2. The van der Waals surface area contributed by atoms with Crippen LogP contribution in [-0.4, -0.2) is 12.5 Å². The molecule has 0 bridgehead atoms.